The van der Waals surface area contributed by atoms with Crippen LogP contribution < -0.4 is 5.32 Å². The van der Waals surface area contributed by atoms with Gasteiger partial charge in [-0.2, -0.15) is 0 Å². The van der Waals surface area contributed by atoms with Crippen LogP contribution >= 0.6 is 11.3 Å². The maximum absolute atomic E-state index is 13.9. The Labute approximate surface area is 126 Å². The minimum absolute atomic E-state index is 0.194. The topological polar surface area (TPSA) is 49.3 Å². The highest BCUT2D eigenvalue weighted by molar-refractivity contribution is 7.21. The number of carbonyl (C=O) groups is 1. The Bertz CT molecular complexity index is 682. The van der Waals surface area contributed by atoms with E-state index in [9.17, 15) is 14.3 Å². The van der Waals surface area contributed by atoms with Crippen molar-refractivity contribution >= 4 is 27.3 Å². The fraction of sp³-hybridized carbons (Fsp3) is 0.438. The summed E-state index contributed by atoms with van der Waals surface area (Å²) in [6.45, 7) is 1.77. The van der Waals surface area contributed by atoms with Gasteiger partial charge in [0.05, 0.1) is 17.0 Å². The summed E-state index contributed by atoms with van der Waals surface area (Å²) in [5, 5.41) is 13.4. The molecule has 3 nitrogen and oxygen atoms in total. The SMILES string of the molecule is Cc1c(C(=O)N[C@H]2CCCC[C@@H]2O)sc2cccc(F)c12. The van der Waals surface area contributed by atoms with Gasteiger partial charge < -0.3 is 10.4 Å². The molecule has 21 heavy (non-hydrogen) atoms. The Morgan fingerprint density at radius 1 is 1.38 bits per heavy atom. The standard InChI is InChI=1S/C16H18FNO2S/c1-9-14-10(17)5-4-8-13(14)21-15(9)16(20)18-11-6-2-3-7-12(11)19/h4-5,8,11-12,19H,2-3,6-7H2,1H3,(H,18,20)/t11-,12-/m0/s1. The molecule has 5 heteroatoms. The van der Waals surface area contributed by atoms with Crippen molar-refractivity contribution in [1.82, 2.24) is 5.32 Å². The molecular formula is C16H18FNO2S. The van der Waals surface area contributed by atoms with Crippen molar-refractivity contribution in [2.45, 2.75) is 44.8 Å². The number of aryl methyl sites for hydroxylation is 1. The van der Waals surface area contributed by atoms with Crippen LogP contribution in [-0.4, -0.2) is 23.2 Å². The van der Waals surface area contributed by atoms with E-state index >= 15 is 0 Å². The normalized spacial score (nSPS) is 22.4. The highest BCUT2D eigenvalue weighted by Crippen LogP contribution is 2.32. The molecule has 2 N–H and O–H groups in total. The molecule has 1 aromatic carbocycles. The molecule has 2 atom stereocenters. The van der Waals surface area contributed by atoms with Crippen molar-refractivity contribution in [3.8, 4) is 0 Å². The van der Waals surface area contributed by atoms with Crippen molar-refractivity contribution < 1.29 is 14.3 Å². The summed E-state index contributed by atoms with van der Waals surface area (Å²) < 4.78 is 14.7. The number of amides is 1. The summed E-state index contributed by atoms with van der Waals surface area (Å²) in [6.07, 6.45) is 3.06. The molecule has 2 aromatic rings. The first kappa shape index (κ1) is 14.5. The van der Waals surface area contributed by atoms with Crippen molar-refractivity contribution in [2.24, 2.45) is 0 Å². The fourth-order valence-electron chi connectivity index (χ4n) is 2.98. The van der Waals surface area contributed by atoms with Crippen LogP contribution in [0.2, 0.25) is 0 Å². The van der Waals surface area contributed by atoms with Crippen LogP contribution in [0, 0.1) is 12.7 Å². The van der Waals surface area contributed by atoms with Crippen LogP contribution in [0.15, 0.2) is 18.2 Å². The van der Waals surface area contributed by atoms with E-state index in [4.69, 9.17) is 0 Å². The minimum Gasteiger partial charge on any atom is -0.391 e. The van der Waals surface area contributed by atoms with Gasteiger partial charge in [0.1, 0.15) is 5.82 Å². The first-order valence-electron chi connectivity index (χ1n) is 7.24. The summed E-state index contributed by atoms with van der Waals surface area (Å²) in [6, 6.07) is 4.69. The van der Waals surface area contributed by atoms with E-state index < -0.39 is 6.10 Å². The van der Waals surface area contributed by atoms with Crippen LogP contribution in [0.1, 0.15) is 40.9 Å². The lowest BCUT2D eigenvalue weighted by Crippen LogP contribution is -2.45. The Hall–Kier alpha value is -1.46. The second-order valence-electron chi connectivity index (χ2n) is 5.60. The maximum Gasteiger partial charge on any atom is 0.261 e. The lowest BCUT2D eigenvalue weighted by molar-refractivity contribution is 0.0720. The number of carbonyl (C=O) groups excluding carboxylic acids is 1. The molecule has 0 saturated heterocycles. The van der Waals surface area contributed by atoms with Gasteiger partial charge >= 0.3 is 0 Å². The van der Waals surface area contributed by atoms with Crippen molar-refractivity contribution in [3.05, 3.63) is 34.5 Å². The second-order valence-corrected chi connectivity index (χ2v) is 6.65. The molecule has 0 bridgehead atoms. The van der Waals surface area contributed by atoms with Crippen LogP contribution in [0.25, 0.3) is 10.1 Å². The summed E-state index contributed by atoms with van der Waals surface area (Å²) in [5.74, 6) is -0.503. The predicted molar refractivity (Wildman–Crippen MR) is 82.2 cm³/mol. The fourth-order valence-corrected chi connectivity index (χ4v) is 4.11. The number of thiophene rings is 1. The number of hydrogen-bond donors (Lipinski definition) is 2. The van der Waals surface area contributed by atoms with Crippen LogP contribution in [-0.2, 0) is 0 Å². The zero-order chi connectivity index (χ0) is 15.0. The molecule has 1 aliphatic rings. The molecule has 1 amide bonds. The number of halogens is 1. The molecule has 112 valence electrons. The molecule has 0 aliphatic heterocycles. The second kappa shape index (κ2) is 5.73. The van der Waals surface area contributed by atoms with E-state index in [1.165, 1.54) is 17.4 Å². The van der Waals surface area contributed by atoms with E-state index in [-0.39, 0.29) is 17.8 Å². The highest BCUT2D eigenvalue weighted by atomic mass is 32.1. The van der Waals surface area contributed by atoms with Gasteiger partial charge in [0.15, 0.2) is 0 Å². The molecule has 1 fully saturated rings. The summed E-state index contributed by atoms with van der Waals surface area (Å²) in [7, 11) is 0. The highest BCUT2D eigenvalue weighted by Gasteiger charge is 2.26. The molecule has 1 aromatic heterocycles. The Balaban J connectivity index is 1.88. The van der Waals surface area contributed by atoms with Crippen LogP contribution in [0.4, 0.5) is 4.39 Å². The summed E-state index contributed by atoms with van der Waals surface area (Å²) in [4.78, 5) is 13.0. The molecule has 0 unspecified atom stereocenters. The van der Waals surface area contributed by atoms with E-state index in [2.05, 4.69) is 5.32 Å². The number of fused-ring (bicyclic) bond motifs is 1. The van der Waals surface area contributed by atoms with E-state index in [1.807, 2.05) is 6.07 Å². The number of hydrogen-bond acceptors (Lipinski definition) is 3. The monoisotopic (exact) mass is 307 g/mol. The number of nitrogens with one attached hydrogen (secondary N) is 1. The van der Waals surface area contributed by atoms with Gasteiger partial charge in [0, 0.05) is 10.1 Å². The number of benzene rings is 1. The van der Waals surface area contributed by atoms with Gasteiger partial charge in [0.25, 0.3) is 5.91 Å². The van der Waals surface area contributed by atoms with Gasteiger partial charge in [-0.15, -0.1) is 11.3 Å². The zero-order valence-corrected chi connectivity index (χ0v) is 12.7. The summed E-state index contributed by atoms with van der Waals surface area (Å²) in [5.41, 5.74) is 0.677. The van der Waals surface area contributed by atoms with Crippen molar-refractivity contribution in [3.63, 3.8) is 0 Å². The van der Waals surface area contributed by atoms with Crippen LogP contribution in [0.5, 0.6) is 0 Å². The quantitative estimate of drug-likeness (QED) is 0.893. The lowest BCUT2D eigenvalue weighted by Gasteiger charge is -2.28. The Morgan fingerprint density at radius 3 is 2.86 bits per heavy atom. The number of rotatable bonds is 2. The third-order valence-corrected chi connectivity index (χ3v) is 5.41. The zero-order valence-electron chi connectivity index (χ0n) is 11.9. The first-order valence-corrected chi connectivity index (χ1v) is 8.06. The van der Waals surface area contributed by atoms with Crippen molar-refractivity contribution in [1.29, 1.82) is 0 Å². The smallest absolute Gasteiger partial charge is 0.261 e. The Morgan fingerprint density at radius 2 is 2.14 bits per heavy atom. The molecular weight excluding hydrogens is 289 g/mol. The maximum atomic E-state index is 13.9. The number of aliphatic hydroxyl groups is 1. The van der Waals surface area contributed by atoms with Gasteiger partial charge in [-0.1, -0.05) is 18.9 Å². The average Bonchev–Trinajstić information content (AvgIpc) is 2.80. The van der Waals surface area contributed by atoms with Gasteiger partial charge in [0.2, 0.25) is 0 Å². The van der Waals surface area contributed by atoms with E-state index in [1.54, 1.807) is 13.0 Å². The van der Waals surface area contributed by atoms with E-state index in [0.29, 0.717) is 15.8 Å². The lowest BCUT2D eigenvalue weighted by atomic mass is 9.92. The molecule has 0 radical (unpaired) electrons. The molecule has 1 saturated carbocycles. The first-order chi connectivity index (χ1) is 10.1. The van der Waals surface area contributed by atoms with Gasteiger partial charge in [-0.25, -0.2) is 4.39 Å². The van der Waals surface area contributed by atoms with Crippen molar-refractivity contribution in [2.75, 3.05) is 0 Å². The predicted octanol–water partition coefficient (Wildman–Crippen LogP) is 3.38. The largest absolute Gasteiger partial charge is 0.391 e. The van der Waals surface area contributed by atoms with Gasteiger partial charge in [-0.05, 0) is 37.5 Å². The van der Waals surface area contributed by atoms with Gasteiger partial charge in [-0.3, -0.25) is 4.79 Å². The molecule has 0 spiro atoms. The molecule has 3 rings (SSSR count). The Kier molecular flexibility index (Phi) is 3.95. The molecule has 1 heterocycles. The molecule has 1 aliphatic carbocycles. The summed E-state index contributed by atoms with van der Waals surface area (Å²) >= 11 is 1.30. The third kappa shape index (κ3) is 2.68. The average molecular weight is 307 g/mol. The minimum atomic E-state index is -0.478. The van der Waals surface area contributed by atoms with E-state index in [0.717, 1.165) is 30.4 Å². The number of aliphatic hydroxyl groups excluding tert-OH is 1. The third-order valence-electron chi connectivity index (χ3n) is 4.16. The van der Waals surface area contributed by atoms with Crippen LogP contribution in [0.3, 0.4) is 0 Å².